The Morgan fingerprint density at radius 1 is 1.29 bits per heavy atom. The summed E-state index contributed by atoms with van der Waals surface area (Å²) in [7, 11) is 0. The minimum atomic E-state index is -0.789. The van der Waals surface area contributed by atoms with Crippen molar-refractivity contribution in [2.45, 2.75) is 65.0 Å². The molecule has 1 amide bonds. The largest absolute Gasteiger partial charge is 0.444 e. The Bertz CT molecular complexity index is 449. The zero-order valence-electron chi connectivity index (χ0n) is 13.0. The fourth-order valence-corrected chi connectivity index (χ4v) is 2.31. The number of rotatable bonds is 4. The highest BCUT2D eigenvalue weighted by Gasteiger charge is 2.35. The Morgan fingerprint density at radius 2 is 1.90 bits per heavy atom. The molecule has 0 saturated heterocycles. The summed E-state index contributed by atoms with van der Waals surface area (Å²) in [6.07, 6.45) is 0.177. The molecule has 1 aliphatic carbocycles. The standard InChI is InChI=1S/C15H23NO5/c1-9(17)7-13(19)11-8-10(5-6-12(11)18)16-14(20)21-15(2,3)4/h10-11H,5-8H2,1-4H3,(H,16,20). The van der Waals surface area contributed by atoms with Crippen LogP contribution in [0, 0.1) is 5.92 Å². The number of ketones is 3. The van der Waals surface area contributed by atoms with Gasteiger partial charge in [0.15, 0.2) is 5.78 Å². The van der Waals surface area contributed by atoms with E-state index in [1.807, 2.05) is 0 Å². The minimum Gasteiger partial charge on any atom is -0.444 e. The van der Waals surface area contributed by atoms with Gasteiger partial charge >= 0.3 is 6.09 Å². The molecule has 1 fully saturated rings. The summed E-state index contributed by atoms with van der Waals surface area (Å²) in [4.78, 5) is 46.4. The number of alkyl carbamates (subject to hydrolysis) is 1. The third-order valence-electron chi connectivity index (χ3n) is 3.18. The number of Topliss-reactive ketones (excluding diaryl/α,β-unsaturated/α-hetero) is 3. The summed E-state index contributed by atoms with van der Waals surface area (Å²) in [6, 6.07) is -0.279. The molecular weight excluding hydrogens is 274 g/mol. The van der Waals surface area contributed by atoms with Crippen molar-refractivity contribution in [3.8, 4) is 0 Å². The third kappa shape index (κ3) is 6.06. The van der Waals surface area contributed by atoms with Crippen molar-refractivity contribution in [2.24, 2.45) is 5.92 Å². The zero-order chi connectivity index (χ0) is 16.2. The molecule has 0 heterocycles. The molecule has 6 heteroatoms. The van der Waals surface area contributed by atoms with Gasteiger partial charge in [0.05, 0.1) is 12.3 Å². The van der Waals surface area contributed by atoms with E-state index in [2.05, 4.69) is 5.32 Å². The second-order valence-corrected chi connectivity index (χ2v) is 6.48. The lowest BCUT2D eigenvalue weighted by Gasteiger charge is -2.29. The first-order chi connectivity index (χ1) is 9.58. The van der Waals surface area contributed by atoms with Crippen LogP contribution in [0.2, 0.25) is 0 Å². The molecule has 1 N–H and O–H groups in total. The lowest BCUT2D eigenvalue weighted by molar-refractivity contribution is -0.136. The molecule has 21 heavy (non-hydrogen) atoms. The number of nitrogens with one attached hydrogen (secondary N) is 1. The van der Waals surface area contributed by atoms with Gasteiger partial charge in [-0.1, -0.05) is 0 Å². The maximum absolute atomic E-state index is 11.9. The molecule has 0 aromatic carbocycles. The van der Waals surface area contributed by atoms with Gasteiger partial charge < -0.3 is 10.1 Å². The van der Waals surface area contributed by atoms with Gasteiger partial charge in [-0.2, -0.15) is 0 Å². The maximum Gasteiger partial charge on any atom is 0.407 e. The molecule has 1 aliphatic rings. The fraction of sp³-hybridized carbons (Fsp3) is 0.733. The van der Waals surface area contributed by atoms with Gasteiger partial charge in [-0.3, -0.25) is 14.4 Å². The summed E-state index contributed by atoms with van der Waals surface area (Å²) in [5.41, 5.74) is -0.599. The maximum atomic E-state index is 11.9. The summed E-state index contributed by atoms with van der Waals surface area (Å²) >= 11 is 0. The highest BCUT2D eigenvalue weighted by atomic mass is 16.6. The molecule has 2 unspecified atom stereocenters. The quantitative estimate of drug-likeness (QED) is 0.799. The summed E-state index contributed by atoms with van der Waals surface area (Å²) in [6.45, 7) is 6.60. The van der Waals surface area contributed by atoms with Crippen LogP contribution in [0.3, 0.4) is 0 Å². The van der Waals surface area contributed by atoms with Crippen LogP contribution < -0.4 is 5.32 Å². The molecule has 0 aromatic heterocycles. The van der Waals surface area contributed by atoms with Crippen molar-refractivity contribution < 1.29 is 23.9 Å². The zero-order valence-corrected chi connectivity index (χ0v) is 13.0. The minimum absolute atomic E-state index is 0.150. The third-order valence-corrected chi connectivity index (χ3v) is 3.18. The average molecular weight is 297 g/mol. The predicted octanol–water partition coefficient (Wildman–Crippen LogP) is 1.80. The molecule has 6 nitrogen and oxygen atoms in total. The van der Waals surface area contributed by atoms with Crippen LogP contribution in [0.4, 0.5) is 4.79 Å². The van der Waals surface area contributed by atoms with Crippen molar-refractivity contribution in [3.05, 3.63) is 0 Å². The Balaban J connectivity index is 2.59. The van der Waals surface area contributed by atoms with Crippen molar-refractivity contribution in [1.29, 1.82) is 0 Å². The first-order valence-corrected chi connectivity index (χ1v) is 7.13. The molecular formula is C15H23NO5. The van der Waals surface area contributed by atoms with Crippen LogP contribution in [-0.4, -0.2) is 35.1 Å². The number of carbonyl (C=O) groups excluding carboxylic acids is 4. The number of ether oxygens (including phenoxy) is 1. The Hall–Kier alpha value is -1.72. The summed E-state index contributed by atoms with van der Waals surface area (Å²) in [5, 5.41) is 2.68. The topological polar surface area (TPSA) is 89.5 Å². The van der Waals surface area contributed by atoms with Crippen molar-refractivity contribution in [3.63, 3.8) is 0 Å². The Morgan fingerprint density at radius 3 is 2.43 bits per heavy atom. The second-order valence-electron chi connectivity index (χ2n) is 6.48. The van der Waals surface area contributed by atoms with Crippen molar-refractivity contribution in [1.82, 2.24) is 5.32 Å². The second kappa shape index (κ2) is 6.83. The molecule has 0 radical (unpaired) electrons. The fourth-order valence-electron chi connectivity index (χ4n) is 2.31. The smallest absolute Gasteiger partial charge is 0.407 e. The van der Waals surface area contributed by atoms with Gasteiger partial charge in [-0.25, -0.2) is 4.79 Å². The highest BCUT2D eigenvalue weighted by molar-refractivity contribution is 6.09. The van der Waals surface area contributed by atoms with Gasteiger partial charge in [0, 0.05) is 12.5 Å². The number of carbonyl (C=O) groups is 4. The van der Waals surface area contributed by atoms with E-state index in [0.29, 0.717) is 6.42 Å². The van der Waals surface area contributed by atoms with Crippen molar-refractivity contribution >= 4 is 23.4 Å². The van der Waals surface area contributed by atoms with E-state index in [0.717, 1.165) is 0 Å². The van der Waals surface area contributed by atoms with E-state index < -0.39 is 17.6 Å². The SMILES string of the molecule is CC(=O)CC(=O)C1CC(NC(=O)OC(C)(C)C)CCC1=O. The van der Waals surface area contributed by atoms with Crippen molar-refractivity contribution in [2.75, 3.05) is 0 Å². The number of amides is 1. The van der Waals surface area contributed by atoms with Crippen LogP contribution in [0.5, 0.6) is 0 Å². The van der Waals surface area contributed by atoms with E-state index in [1.165, 1.54) is 6.92 Å². The van der Waals surface area contributed by atoms with E-state index in [1.54, 1.807) is 20.8 Å². The Kier molecular flexibility index (Phi) is 5.63. The first-order valence-electron chi connectivity index (χ1n) is 7.13. The molecule has 1 saturated carbocycles. The Labute approximate surface area is 124 Å². The van der Waals surface area contributed by atoms with Crippen LogP contribution in [0.1, 0.15) is 53.4 Å². The van der Waals surface area contributed by atoms with E-state index in [4.69, 9.17) is 4.74 Å². The predicted molar refractivity (Wildman–Crippen MR) is 75.8 cm³/mol. The van der Waals surface area contributed by atoms with Crippen LogP contribution in [-0.2, 0) is 19.1 Å². The van der Waals surface area contributed by atoms with Crippen LogP contribution >= 0.6 is 0 Å². The molecule has 118 valence electrons. The lowest BCUT2D eigenvalue weighted by Crippen LogP contribution is -2.45. The summed E-state index contributed by atoms with van der Waals surface area (Å²) in [5.74, 6) is -1.55. The molecule has 0 aromatic rings. The number of hydrogen-bond acceptors (Lipinski definition) is 5. The molecule has 0 bridgehead atoms. The molecule has 1 rings (SSSR count). The van der Waals surface area contributed by atoms with Gasteiger partial charge in [-0.15, -0.1) is 0 Å². The molecule has 2 atom stereocenters. The van der Waals surface area contributed by atoms with Gasteiger partial charge in [0.1, 0.15) is 17.2 Å². The average Bonchev–Trinajstić information content (AvgIpc) is 2.28. The highest BCUT2D eigenvalue weighted by Crippen LogP contribution is 2.23. The van der Waals surface area contributed by atoms with Gasteiger partial charge in [0.25, 0.3) is 0 Å². The lowest BCUT2D eigenvalue weighted by atomic mass is 9.81. The summed E-state index contributed by atoms with van der Waals surface area (Å²) < 4.78 is 5.15. The van der Waals surface area contributed by atoms with E-state index >= 15 is 0 Å². The molecule has 0 aliphatic heterocycles. The van der Waals surface area contributed by atoms with Gasteiger partial charge in [0.2, 0.25) is 0 Å². The molecule has 0 spiro atoms. The van der Waals surface area contributed by atoms with Gasteiger partial charge in [-0.05, 0) is 40.5 Å². The van der Waals surface area contributed by atoms with E-state index in [9.17, 15) is 19.2 Å². The monoisotopic (exact) mass is 297 g/mol. The normalized spacial score (nSPS) is 22.6. The first kappa shape index (κ1) is 17.3. The van der Waals surface area contributed by atoms with E-state index in [-0.39, 0.29) is 42.7 Å². The van der Waals surface area contributed by atoms with Crippen LogP contribution in [0.25, 0.3) is 0 Å². The van der Waals surface area contributed by atoms with Crippen LogP contribution in [0.15, 0.2) is 0 Å². The number of hydrogen-bond donors (Lipinski definition) is 1.